The molecule has 0 aromatic rings. The van der Waals surface area contributed by atoms with Gasteiger partial charge in [0.05, 0.1) is 6.04 Å². The van der Waals surface area contributed by atoms with Crippen molar-refractivity contribution in [2.45, 2.75) is 91.0 Å². The number of nitrogens with zero attached hydrogens (tertiary/aromatic N) is 1. The molecule has 0 spiro atoms. The topological polar surface area (TPSA) is 29.4 Å². The van der Waals surface area contributed by atoms with Crippen LogP contribution in [0, 0.1) is 45.3 Å². The largest absolute Gasteiger partial charge is 0.151 e. The van der Waals surface area contributed by atoms with E-state index in [4.69, 9.17) is 0 Å². The number of hydrogen-bond donors (Lipinski definition) is 0. The normalized spacial score (nSPS) is 55.6. The standard InChI is InChI=1S/C21H35NO/c1-4-14-6-8-18-17-7-5-15-13-16(22-23)9-11-21(15,3)19(17)10-12-20(14,18)2/h14-19H,4-13H2,1-3H3/t14?,15?,16-,17+,18?,19?,20-,21-/m0/s1. The van der Waals surface area contributed by atoms with Crippen LogP contribution in [0.4, 0.5) is 0 Å². The van der Waals surface area contributed by atoms with E-state index >= 15 is 0 Å². The Morgan fingerprint density at radius 3 is 2.39 bits per heavy atom. The molecular formula is C21H35NO. The summed E-state index contributed by atoms with van der Waals surface area (Å²) in [6, 6.07) is 0.120. The van der Waals surface area contributed by atoms with Crippen molar-refractivity contribution in [2.24, 2.45) is 45.6 Å². The lowest BCUT2D eigenvalue weighted by Gasteiger charge is -2.61. The molecule has 4 aliphatic rings. The summed E-state index contributed by atoms with van der Waals surface area (Å²) in [5.74, 6) is 4.66. The first-order chi connectivity index (χ1) is 11.0. The van der Waals surface area contributed by atoms with Gasteiger partial charge in [-0.1, -0.05) is 32.4 Å². The first-order valence-corrected chi connectivity index (χ1v) is 10.4. The maximum atomic E-state index is 11.0. The Morgan fingerprint density at radius 1 is 0.913 bits per heavy atom. The van der Waals surface area contributed by atoms with Gasteiger partial charge in [0.1, 0.15) is 0 Å². The monoisotopic (exact) mass is 317 g/mol. The first-order valence-electron chi connectivity index (χ1n) is 10.4. The van der Waals surface area contributed by atoms with Crippen LogP contribution in [0.5, 0.6) is 0 Å². The maximum absolute atomic E-state index is 11.0. The van der Waals surface area contributed by atoms with Crippen LogP contribution < -0.4 is 0 Å². The van der Waals surface area contributed by atoms with Gasteiger partial charge in [-0.15, -0.1) is 0 Å². The lowest BCUT2D eigenvalue weighted by Crippen LogP contribution is -2.53. The molecule has 0 saturated heterocycles. The van der Waals surface area contributed by atoms with E-state index in [1.807, 2.05) is 0 Å². The Balaban J connectivity index is 1.59. The van der Waals surface area contributed by atoms with Gasteiger partial charge in [0.15, 0.2) is 0 Å². The maximum Gasteiger partial charge on any atom is 0.0922 e. The van der Waals surface area contributed by atoms with Gasteiger partial charge in [-0.2, -0.15) is 4.91 Å². The van der Waals surface area contributed by atoms with Crippen molar-refractivity contribution in [3.05, 3.63) is 4.91 Å². The molecule has 0 aromatic carbocycles. The molecule has 8 atom stereocenters. The molecule has 4 aliphatic carbocycles. The van der Waals surface area contributed by atoms with Crippen molar-refractivity contribution in [2.75, 3.05) is 0 Å². The third-order valence-electron chi connectivity index (χ3n) is 9.48. The van der Waals surface area contributed by atoms with Gasteiger partial charge < -0.3 is 0 Å². The zero-order valence-corrected chi connectivity index (χ0v) is 15.4. The first kappa shape index (κ1) is 16.1. The van der Waals surface area contributed by atoms with Crippen LogP contribution in [-0.2, 0) is 0 Å². The van der Waals surface area contributed by atoms with Crippen molar-refractivity contribution >= 4 is 0 Å². The fourth-order valence-electron chi connectivity index (χ4n) is 8.11. The molecule has 0 aliphatic heterocycles. The molecule has 2 heteroatoms. The predicted molar refractivity (Wildman–Crippen MR) is 95.1 cm³/mol. The average molecular weight is 318 g/mol. The van der Waals surface area contributed by atoms with Gasteiger partial charge in [-0.25, -0.2) is 0 Å². The molecule has 0 bridgehead atoms. The summed E-state index contributed by atoms with van der Waals surface area (Å²) in [7, 11) is 0. The molecule has 4 saturated carbocycles. The van der Waals surface area contributed by atoms with E-state index in [2.05, 4.69) is 25.9 Å². The number of hydrogen-bond acceptors (Lipinski definition) is 2. The molecule has 0 aromatic heterocycles. The van der Waals surface area contributed by atoms with E-state index in [1.165, 1.54) is 51.4 Å². The Kier molecular flexibility index (Phi) is 3.89. The van der Waals surface area contributed by atoms with Gasteiger partial charge >= 0.3 is 0 Å². The second kappa shape index (κ2) is 5.56. The summed E-state index contributed by atoms with van der Waals surface area (Å²) in [5.41, 5.74) is 1.15. The van der Waals surface area contributed by atoms with Gasteiger partial charge in [0, 0.05) is 0 Å². The Hall–Kier alpha value is -0.400. The summed E-state index contributed by atoms with van der Waals surface area (Å²) in [4.78, 5) is 11.0. The fraction of sp³-hybridized carbons (Fsp3) is 1.00. The number of nitroso groups, excluding NO2 is 1. The molecule has 2 nitrogen and oxygen atoms in total. The number of fused-ring (bicyclic) bond motifs is 5. The fourth-order valence-corrected chi connectivity index (χ4v) is 8.11. The van der Waals surface area contributed by atoms with Crippen LogP contribution in [0.25, 0.3) is 0 Å². The van der Waals surface area contributed by atoms with Gasteiger partial charge in [-0.3, -0.25) is 0 Å². The molecular weight excluding hydrogens is 282 g/mol. The predicted octanol–water partition coefficient (Wildman–Crippen LogP) is 6.19. The smallest absolute Gasteiger partial charge is 0.0922 e. The number of rotatable bonds is 2. The summed E-state index contributed by atoms with van der Waals surface area (Å²) in [5, 5.41) is 3.41. The summed E-state index contributed by atoms with van der Waals surface area (Å²) in [6.45, 7) is 7.64. The Morgan fingerprint density at radius 2 is 1.65 bits per heavy atom. The molecule has 4 fully saturated rings. The zero-order valence-electron chi connectivity index (χ0n) is 15.4. The second-order valence-electron chi connectivity index (χ2n) is 9.92. The molecule has 0 heterocycles. The van der Waals surface area contributed by atoms with Crippen LogP contribution in [0.1, 0.15) is 85.0 Å². The highest BCUT2D eigenvalue weighted by Crippen LogP contribution is 2.67. The third-order valence-corrected chi connectivity index (χ3v) is 9.48. The van der Waals surface area contributed by atoms with E-state index in [0.717, 1.165) is 42.4 Å². The minimum absolute atomic E-state index is 0.120. The molecule has 23 heavy (non-hydrogen) atoms. The highest BCUT2D eigenvalue weighted by atomic mass is 16.3. The van der Waals surface area contributed by atoms with Crippen LogP contribution in [-0.4, -0.2) is 6.04 Å². The highest BCUT2D eigenvalue weighted by molar-refractivity contribution is 5.09. The van der Waals surface area contributed by atoms with Crippen LogP contribution in [0.15, 0.2) is 5.18 Å². The molecule has 0 amide bonds. The molecule has 4 unspecified atom stereocenters. The summed E-state index contributed by atoms with van der Waals surface area (Å²) >= 11 is 0. The van der Waals surface area contributed by atoms with E-state index in [0.29, 0.717) is 10.8 Å². The minimum Gasteiger partial charge on any atom is -0.151 e. The molecule has 4 rings (SSSR count). The Labute approximate surface area is 142 Å². The molecule has 0 radical (unpaired) electrons. The van der Waals surface area contributed by atoms with E-state index < -0.39 is 0 Å². The molecule has 130 valence electrons. The van der Waals surface area contributed by atoms with Crippen LogP contribution in [0.2, 0.25) is 0 Å². The van der Waals surface area contributed by atoms with Crippen LogP contribution in [0.3, 0.4) is 0 Å². The van der Waals surface area contributed by atoms with Crippen molar-refractivity contribution in [1.29, 1.82) is 0 Å². The van der Waals surface area contributed by atoms with E-state index in [1.54, 1.807) is 0 Å². The van der Waals surface area contributed by atoms with Gasteiger partial charge in [0.25, 0.3) is 0 Å². The summed E-state index contributed by atoms with van der Waals surface area (Å²) in [6.07, 6.45) is 13.5. The quantitative estimate of drug-likeness (QED) is 0.558. The van der Waals surface area contributed by atoms with Crippen molar-refractivity contribution < 1.29 is 0 Å². The minimum atomic E-state index is 0.120. The third kappa shape index (κ3) is 2.19. The highest BCUT2D eigenvalue weighted by Gasteiger charge is 2.59. The molecule has 0 N–H and O–H groups in total. The van der Waals surface area contributed by atoms with Gasteiger partial charge in [-0.05, 0) is 98.2 Å². The second-order valence-corrected chi connectivity index (χ2v) is 9.92. The Bertz CT molecular complexity index is 476. The van der Waals surface area contributed by atoms with Crippen molar-refractivity contribution in [3.63, 3.8) is 0 Å². The SMILES string of the molecule is CCC1CCC2[C@H]3CCC4C[C@@H](N=O)CC[C@]4(C)C3CC[C@@]12C. The van der Waals surface area contributed by atoms with Gasteiger partial charge in [0.2, 0.25) is 0 Å². The van der Waals surface area contributed by atoms with E-state index in [-0.39, 0.29) is 6.04 Å². The average Bonchev–Trinajstić information content (AvgIpc) is 2.90. The van der Waals surface area contributed by atoms with Crippen molar-refractivity contribution in [3.8, 4) is 0 Å². The lowest BCUT2D eigenvalue weighted by molar-refractivity contribution is -0.113. The lowest BCUT2D eigenvalue weighted by atomic mass is 9.44. The van der Waals surface area contributed by atoms with Crippen molar-refractivity contribution in [1.82, 2.24) is 0 Å². The zero-order chi connectivity index (χ0) is 16.2. The van der Waals surface area contributed by atoms with Crippen LogP contribution >= 0.6 is 0 Å². The summed E-state index contributed by atoms with van der Waals surface area (Å²) < 4.78 is 0. The van der Waals surface area contributed by atoms with E-state index in [9.17, 15) is 4.91 Å².